The fourth-order valence-corrected chi connectivity index (χ4v) is 2.92. The van der Waals surface area contributed by atoms with Crippen LogP contribution in [0.5, 0.6) is 0 Å². The number of hydrogen-bond acceptors (Lipinski definition) is 5. The topological polar surface area (TPSA) is 70.1 Å². The van der Waals surface area contributed by atoms with Crippen molar-refractivity contribution in [3.63, 3.8) is 0 Å². The molecule has 0 radical (unpaired) electrons. The van der Waals surface area contributed by atoms with E-state index in [-0.39, 0.29) is 18.4 Å². The van der Waals surface area contributed by atoms with Gasteiger partial charge in [-0.3, -0.25) is 14.5 Å². The minimum Gasteiger partial charge on any atom is -0.395 e. The van der Waals surface area contributed by atoms with E-state index in [1.54, 1.807) is 11.9 Å². The number of carbonyl (C=O) groups excluding carboxylic acids is 2. The highest BCUT2D eigenvalue weighted by atomic mass is 16.5. The molecule has 1 aromatic carbocycles. The van der Waals surface area contributed by atoms with Crippen LogP contribution in [0.1, 0.15) is 31.7 Å². The van der Waals surface area contributed by atoms with Gasteiger partial charge in [-0.25, -0.2) is 0 Å². The Balaban J connectivity index is 2.14. The first kappa shape index (κ1) is 20.1. The molecule has 2 amide bonds. The Hall–Kier alpha value is -2.18. The Labute approximate surface area is 155 Å². The van der Waals surface area contributed by atoms with Crippen LogP contribution in [0, 0.1) is 0 Å². The Bertz CT molecular complexity index is 642. The van der Waals surface area contributed by atoms with Gasteiger partial charge in [0.05, 0.1) is 12.2 Å². The van der Waals surface area contributed by atoms with Crippen LogP contribution in [-0.4, -0.2) is 66.7 Å². The summed E-state index contributed by atoms with van der Waals surface area (Å²) in [5.41, 5.74) is 1.47. The third-order valence-corrected chi connectivity index (χ3v) is 4.34. The Kier molecular flexibility index (Phi) is 7.81. The molecule has 0 aliphatic carbocycles. The average Bonchev–Trinajstić information content (AvgIpc) is 2.89. The zero-order valence-corrected chi connectivity index (χ0v) is 15.6. The summed E-state index contributed by atoms with van der Waals surface area (Å²) in [6.45, 7) is 3.87. The molecule has 1 heterocycles. The van der Waals surface area contributed by atoms with Crippen LogP contribution in [0.25, 0.3) is 5.57 Å². The molecule has 6 heteroatoms. The number of aliphatic hydroxyl groups is 1. The minimum atomic E-state index is -0.307. The van der Waals surface area contributed by atoms with E-state index < -0.39 is 0 Å². The molecule has 0 unspecified atom stereocenters. The molecule has 0 fully saturated rings. The lowest BCUT2D eigenvalue weighted by Gasteiger charge is -2.20. The van der Waals surface area contributed by atoms with E-state index >= 15 is 0 Å². The Morgan fingerprint density at radius 3 is 2.42 bits per heavy atom. The first-order chi connectivity index (χ1) is 12.6. The van der Waals surface area contributed by atoms with E-state index in [1.807, 2.05) is 30.3 Å². The maximum Gasteiger partial charge on any atom is 0.277 e. The van der Waals surface area contributed by atoms with Gasteiger partial charge in [0.1, 0.15) is 5.70 Å². The zero-order chi connectivity index (χ0) is 18.9. The second kappa shape index (κ2) is 10.1. The van der Waals surface area contributed by atoms with Crippen molar-refractivity contribution in [2.75, 3.05) is 40.0 Å². The molecule has 0 spiro atoms. The van der Waals surface area contributed by atoms with Gasteiger partial charge in [-0.15, -0.1) is 0 Å². The summed E-state index contributed by atoms with van der Waals surface area (Å²) in [7, 11) is 1.72. The summed E-state index contributed by atoms with van der Waals surface area (Å²) in [5.74, 6) is -0.590. The molecule has 0 aromatic heterocycles. The molecule has 26 heavy (non-hydrogen) atoms. The number of likely N-dealkylation sites (N-methyl/N-ethyl adjacent to an activating group) is 1. The van der Waals surface area contributed by atoms with Crippen LogP contribution in [-0.2, 0) is 14.3 Å². The molecule has 0 bridgehead atoms. The lowest BCUT2D eigenvalue weighted by Crippen LogP contribution is -2.36. The molecule has 0 saturated carbocycles. The number of amides is 2. The fourth-order valence-electron chi connectivity index (χ4n) is 2.92. The third kappa shape index (κ3) is 4.71. The molecular formula is C20H28N2O4. The van der Waals surface area contributed by atoms with Crippen LogP contribution in [0.3, 0.4) is 0 Å². The maximum atomic E-state index is 12.9. The normalized spacial score (nSPS) is 14.5. The van der Waals surface area contributed by atoms with Gasteiger partial charge in [0.15, 0.2) is 0 Å². The van der Waals surface area contributed by atoms with Crippen molar-refractivity contribution >= 4 is 17.4 Å². The van der Waals surface area contributed by atoms with Crippen LogP contribution >= 0.6 is 0 Å². The van der Waals surface area contributed by atoms with Crippen LogP contribution in [0.2, 0.25) is 0 Å². The van der Waals surface area contributed by atoms with Gasteiger partial charge in [0.2, 0.25) is 0 Å². The van der Waals surface area contributed by atoms with Crippen molar-refractivity contribution in [3.05, 3.63) is 41.6 Å². The molecule has 0 saturated heterocycles. The molecule has 2 rings (SSSR count). The van der Waals surface area contributed by atoms with Crippen LogP contribution in [0.4, 0.5) is 0 Å². The maximum absolute atomic E-state index is 12.9. The average molecular weight is 360 g/mol. The number of benzene rings is 1. The van der Waals surface area contributed by atoms with Gasteiger partial charge in [-0.1, -0.05) is 43.7 Å². The van der Waals surface area contributed by atoms with Crippen LogP contribution in [0.15, 0.2) is 36.0 Å². The highest BCUT2D eigenvalue weighted by Crippen LogP contribution is 2.30. The standard InChI is InChI=1S/C20H28N2O4/c1-3-4-14-26-15-8-11-22-19(24)17(16-9-6-5-7-10-16)18(20(22)25)21(2)12-13-23/h5-7,9-10,23H,3-4,8,11-15H2,1-2H3. The molecular weight excluding hydrogens is 332 g/mol. The largest absolute Gasteiger partial charge is 0.395 e. The fraction of sp³-hybridized carbons (Fsp3) is 0.500. The molecule has 1 aromatic rings. The summed E-state index contributed by atoms with van der Waals surface area (Å²) >= 11 is 0. The summed E-state index contributed by atoms with van der Waals surface area (Å²) in [6, 6.07) is 9.20. The van der Waals surface area contributed by atoms with Gasteiger partial charge in [0, 0.05) is 33.4 Å². The number of hydrogen-bond donors (Lipinski definition) is 1. The zero-order valence-electron chi connectivity index (χ0n) is 15.6. The van der Waals surface area contributed by atoms with Crippen molar-refractivity contribution in [3.8, 4) is 0 Å². The highest BCUT2D eigenvalue weighted by molar-refractivity contribution is 6.35. The summed E-state index contributed by atoms with van der Waals surface area (Å²) < 4.78 is 5.52. The van der Waals surface area contributed by atoms with E-state index in [0.717, 1.165) is 12.8 Å². The quantitative estimate of drug-likeness (QED) is 0.482. The SMILES string of the molecule is CCCCOCCCN1C(=O)C(c2ccccc2)=C(N(C)CCO)C1=O. The minimum absolute atomic E-state index is 0.0885. The van der Waals surface area contributed by atoms with Gasteiger partial charge < -0.3 is 14.7 Å². The predicted octanol–water partition coefficient (Wildman–Crippen LogP) is 1.90. The molecule has 6 nitrogen and oxygen atoms in total. The highest BCUT2D eigenvalue weighted by Gasteiger charge is 2.40. The van der Waals surface area contributed by atoms with E-state index in [9.17, 15) is 14.7 Å². The van der Waals surface area contributed by atoms with Gasteiger partial charge in [-0.2, -0.15) is 0 Å². The first-order valence-electron chi connectivity index (χ1n) is 9.17. The first-order valence-corrected chi connectivity index (χ1v) is 9.17. The number of imide groups is 1. The van der Waals surface area contributed by atoms with E-state index in [0.29, 0.717) is 49.6 Å². The number of aliphatic hydroxyl groups excluding tert-OH is 1. The van der Waals surface area contributed by atoms with Gasteiger partial charge in [0.25, 0.3) is 11.8 Å². The second-order valence-electron chi connectivity index (χ2n) is 6.32. The summed E-state index contributed by atoms with van der Waals surface area (Å²) in [5, 5.41) is 9.23. The lowest BCUT2D eigenvalue weighted by atomic mass is 10.0. The van der Waals surface area contributed by atoms with Crippen LogP contribution < -0.4 is 0 Å². The number of carbonyl (C=O) groups is 2. The van der Waals surface area contributed by atoms with Crippen molar-refractivity contribution in [2.45, 2.75) is 26.2 Å². The van der Waals surface area contributed by atoms with E-state index in [2.05, 4.69) is 6.92 Å². The van der Waals surface area contributed by atoms with Crippen molar-refractivity contribution in [2.24, 2.45) is 0 Å². The summed E-state index contributed by atoms with van der Waals surface area (Å²) in [6.07, 6.45) is 2.70. The third-order valence-electron chi connectivity index (χ3n) is 4.34. The molecule has 0 atom stereocenters. The summed E-state index contributed by atoms with van der Waals surface area (Å²) in [4.78, 5) is 28.7. The Morgan fingerprint density at radius 1 is 1.08 bits per heavy atom. The lowest BCUT2D eigenvalue weighted by molar-refractivity contribution is -0.137. The second-order valence-corrected chi connectivity index (χ2v) is 6.32. The Morgan fingerprint density at radius 2 is 1.77 bits per heavy atom. The smallest absolute Gasteiger partial charge is 0.277 e. The van der Waals surface area contributed by atoms with Crippen molar-refractivity contribution < 1.29 is 19.4 Å². The van der Waals surface area contributed by atoms with E-state index in [1.165, 1.54) is 4.90 Å². The molecule has 142 valence electrons. The predicted molar refractivity (Wildman–Crippen MR) is 100 cm³/mol. The van der Waals surface area contributed by atoms with Gasteiger partial charge >= 0.3 is 0 Å². The number of unbranched alkanes of at least 4 members (excludes halogenated alkanes) is 1. The van der Waals surface area contributed by atoms with Crippen molar-refractivity contribution in [1.82, 2.24) is 9.80 Å². The molecule has 1 N–H and O–H groups in total. The van der Waals surface area contributed by atoms with Gasteiger partial charge in [-0.05, 0) is 18.4 Å². The monoisotopic (exact) mass is 360 g/mol. The number of rotatable bonds is 11. The van der Waals surface area contributed by atoms with Crippen molar-refractivity contribution in [1.29, 1.82) is 0 Å². The molecule has 1 aliphatic heterocycles. The molecule has 1 aliphatic rings. The number of nitrogens with zero attached hydrogens (tertiary/aromatic N) is 2. The number of ether oxygens (including phenoxy) is 1. The van der Waals surface area contributed by atoms with E-state index in [4.69, 9.17) is 4.74 Å².